The zero-order valence-corrected chi connectivity index (χ0v) is 9.66. The van der Waals surface area contributed by atoms with Crippen LogP contribution in [0.4, 0.5) is 0 Å². The highest BCUT2D eigenvalue weighted by atomic mass is 16.7. The lowest BCUT2D eigenvalue weighted by molar-refractivity contribution is -0.161. The van der Waals surface area contributed by atoms with E-state index in [0.717, 1.165) is 12.8 Å². The largest absolute Gasteiger partial charge is 0.451 e. The van der Waals surface area contributed by atoms with Crippen LogP contribution in [0.3, 0.4) is 0 Å². The van der Waals surface area contributed by atoms with Gasteiger partial charge in [-0.15, -0.1) is 0 Å². The maximum atomic E-state index is 11.8. The average Bonchev–Trinajstić information content (AvgIpc) is 2.29. The smallest absolute Gasteiger partial charge is 0.345 e. The van der Waals surface area contributed by atoms with Crippen LogP contribution in [-0.2, 0) is 4.74 Å². The standard InChI is InChI=1S/C13H16O3/c1-3-9-13(4-2)15-11-8-6-5-7-10(11)12(14)16-13/h5-8H,3-4,9H2,1-2H3. The summed E-state index contributed by atoms with van der Waals surface area (Å²) in [6, 6.07) is 7.21. The number of hydrogen-bond donors (Lipinski definition) is 0. The average molecular weight is 220 g/mol. The van der Waals surface area contributed by atoms with Gasteiger partial charge in [0.15, 0.2) is 0 Å². The lowest BCUT2D eigenvalue weighted by Crippen LogP contribution is -2.44. The molecule has 1 aromatic rings. The van der Waals surface area contributed by atoms with E-state index in [1.165, 1.54) is 0 Å². The Morgan fingerprint density at radius 2 is 1.94 bits per heavy atom. The maximum absolute atomic E-state index is 11.8. The van der Waals surface area contributed by atoms with Crippen molar-refractivity contribution in [2.45, 2.75) is 38.9 Å². The van der Waals surface area contributed by atoms with Gasteiger partial charge in [0.2, 0.25) is 0 Å². The van der Waals surface area contributed by atoms with Crippen molar-refractivity contribution in [3.05, 3.63) is 29.8 Å². The molecule has 1 unspecified atom stereocenters. The highest BCUT2D eigenvalue weighted by Crippen LogP contribution is 2.35. The van der Waals surface area contributed by atoms with Crippen LogP contribution in [0, 0.1) is 0 Å². The number of fused-ring (bicyclic) bond motifs is 1. The second-order valence-corrected chi connectivity index (χ2v) is 4.00. The van der Waals surface area contributed by atoms with Crippen molar-refractivity contribution in [2.24, 2.45) is 0 Å². The van der Waals surface area contributed by atoms with Crippen LogP contribution in [0.5, 0.6) is 5.75 Å². The first-order valence-electron chi connectivity index (χ1n) is 5.72. The highest BCUT2D eigenvalue weighted by Gasteiger charge is 2.39. The first kappa shape index (κ1) is 11.0. The zero-order valence-electron chi connectivity index (χ0n) is 9.66. The minimum Gasteiger partial charge on any atom is -0.451 e. The van der Waals surface area contributed by atoms with Crippen LogP contribution in [0.1, 0.15) is 43.5 Å². The van der Waals surface area contributed by atoms with Gasteiger partial charge in [-0.1, -0.05) is 26.0 Å². The van der Waals surface area contributed by atoms with E-state index in [9.17, 15) is 4.79 Å². The van der Waals surface area contributed by atoms with E-state index in [4.69, 9.17) is 9.47 Å². The summed E-state index contributed by atoms with van der Waals surface area (Å²) >= 11 is 0. The van der Waals surface area contributed by atoms with Crippen LogP contribution in [-0.4, -0.2) is 11.8 Å². The van der Waals surface area contributed by atoms with Crippen molar-refractivity contribution < 1.29 is 14.3 Å². The lowest BCUT2D eigenvalue weighted by atomic mass is 10.1. The van der Waals surface area contributed by atoms with Gasteiger partial charge in [0.05, 0.1) is 0 Å². The number of hydrogen-bond acceptors (Lipinski definition) is 3. The fraction of sp³-hybridized carbons (Fsp3) is 0.462. The Balaban J connectivity index is 2.35. The van der Waals surface area contributed by atoms with Gasteiger partial charge < -0.3 is 9.47 Å². The molecule has 1 aliphatic rings. The molecule has 0 saturated carbocycles. The number of carbonyl (C=O) groups is 1. The normalized spacial score (nSPS) is 23.2. The van der Waals surface area contributed by atoms with Crippen LogP contribution in [0.15, 0.2) is 24.3 Å². The molecule has 0 radical (unpaired) electrons. The Hall–Kier alpha value is -1.51. The van der Waals surface area contributed by atoms with Crippen LogP contribution < -0.4 is 4.74 Å². The molecule has 1 aliphatic heterocycles. The van der Waals surface area contributed by atoms with Gasteiger partial charge in [0, 0.05) is 12.8 Å². The summed E-state index contributed by atoms with van der Waals surface area (Å²) in [5, 5.41) is 0. The summed E-state index contributed by atoms with van der Waals surface area (Å²) in [7, 11) is 0. The van der Waals surface area contributed by atoms with Gasteiger partial charge in [-0.3, -0.25) is 0 Å². The predicted molar refractivity (Wildman–Crippen MR) is 60.4 cm³/mol. The summed E-state index contributed by atoms with van der Waals surface area (Å²) in [4.78, 5) is 11.8. The summed E-state index contributed by atoms with van der Waals surface area (Å²) in [6.07, 6.45) is 2.31. The molecule has 16 heavy (non-hydrogen) atoms. The summed E-state index contributed by atoms with van der Waals surface area (Å²) in [6.45, 7) is 4.02. The zero-order chi connectivity index (χ0) is 11.6. The van der Waals surface area contributed by atoms with Crippen molar-refractivity contribution in [3.8, 4) is 5.75 Å². The number of esters is 1. The molecular formula is C13H16O3. The van der Waals surface area contributed by atoms with E-state index >= 15 is 0 Å². The molecule has 3 nitrogen and oxygen atoms in total. The third-order valence-electron chi connectivity index (χ3n) is 2.85. The van der Waals surface area contributed by atoms with E-state index < -0.39 is 5.79 Å². The Bertz CT molecular complexity index is 400. The SMILES string of the molecule is CCCC1(CC)OC(=O)c2ccccc2O1. The third kappa shape index (κ3) is 1.77. The quantitative estimate of drug-likeness (QED) is 0.734. The number of para-hydroxylation sites is 1. The fourth-order valence-corrected chi connectivity index (χ4v) is 1.97. The Morgan fingerprint density at radius 3 is 2.62 bits per heavy atom. The van der Waals surface area contributed by atoms with E-state index in [1.807, 2.05) is 25.1 Å². The molecular weight excluding hydrogens is 204 g/mol. The summed E-state index contributed by atoms with van der Waals surface area (Å²) in [5.41, 5.74) is 0.516. The number of benzene rings is 1. The third-order valence-corrected chi connectivity index (χ3v) is 2.85. The molecule has 0 aliphatic carbocycles. The number of cyclic esters (lactones) is 1. The topological polar surface area (TPSA) is 35.5 Å². The van der Waals surface area contributed by atoms with Gasteiger partial charge >= 0.3 is 5.97 Å². The van der Waals surface area contributed by atoms with E-state index in [2.05, 4.69) is 6.92 Å². The minimum atomic E-state index is -0.764. The molecule has 0 aromatic heterocycles. The van der Waals surface area contributed by atoms with Crippen LogP contribution >= 0.6 is 0 Å². The minimum absolute atomic E-state index is 0.280. The molecule has 0 spiro atoms. The molecule has 0 bridgehead atoms. The van der Waals surface area contributed by atoms with Gasteiger partial charge in [-0.25, -0.2) is 4.79 Å². The molecule has 0 fully saturated rings. The first-order chi connectivity index (χ1) is 7.71. The van der Waals surface area contributed by atoms with E-state index in [-0.39, 0.29) is 5.97 Å². The van der Waals surface area contributed by atoms with Gasteiger partial charge in [-0.2, -0.15) is 0 Å². The van der Waals surface area contributed by atoms with Gasteiger partial charge in [0.25, 0.3) is 5.79 Å². The summed E-state index contributed by atoms with van der Waals surface area (Å²) in [5.74, 6) is -0.411. The van der Waals surface area contributed by atoms with Crippen molar-refractivity contribution in [2.75, 3.05) is 0 Å². The number of ether oxygens (including phenoxy) is 2. The van der Waals surface area contributed by atoms with Crippen molar-refractivity contribution in [1.29, 1.82) is 0 Å². The Kier molecular flexibility index (Phi) is 2.86. The second kappa shape index (κ2) is 4.16. The van der Waals surface area contributed by atoms with Crippen LogP contribution in [0.2, 0.25) is 0 Å². The highest BCUT2D eigenvalue weighted by molar-refractivity contribution is 5.93. The molecule has 3 heteroatoms. The molecule has 86 valence electrons. The lowest BCUT2D eigenvalue weighted by Gasteiger charge is -2.36. The maximum Gasteiger partial charge on any atom is 0.345 e. The van der Waals surface area contributed by atoms with Gasteiger partial charge in [-0.05, 0) is 18.6 Å². The molecule has 1 atom stereocenters. The second-order valence-electron chi connectivity index (χ2n) is 4.00. The first-order valence-corrected chi connectivity index (χ1v) is 5.72. The van der Waals surface area contributed by atoms with Crippen molar-refractivity contribution in [3.63, 3.8) is 0 Å². The Labute approximate surface area is 95.4 Å². The molecule has 2 rings (SSSR count). The molecule has 0 amide bonds. The molecule has 1 heterocycles. The molecule has 0 N–H and O–H groups in total. The van der Waals surface area contributed by atoms with Crippen molar-refractivity contribution >= 4 is 5.97 Å². The predicted octanol–water partition coefficient (Wildman–Crippen LogP) is 3.14. The van der Waals surface area contributed by atoms with E-state index in [0.29, 0.717) is 17.7 Å². The monoisotopic (exact) mass is 220 g/mol. The Morgan fingerprint density at radius 1 is 1.19 bits per heavy atom. The van der Waals surface area contributed by atoms with Crippen molar-refractivity contribution in [1.82, 2.24) is 0 Å². The van der Waals surface area contributed by atoms with Crippen LogP contribution in [0.25, 0.3) is 0 Å². The number of rotatable bonds is 3. The molecule has 1 aromatic carbocycles. The fourth-order valence-electron chi connectivity index (χ4n) is 1.97. The molecule has 0 saturated heterocycles. The van der Waals surface area contributed by atoms with E-state index in [1.54, 1.807) is 6.07 Å². The van der Waals surface area contributed by atoms with Gasteiger partial charge in [0.1, 0.15) is 11.3 Å². The summed E-state index contributed by atoms with van der Waals surface area (Å²) < 4.78 is 11.3. The number of carbonyl (C=O) groups excluding carboxylic acids is 1.